The van der Waals surface area contributed by atoms with Crippen molar-refractivity contribution in [2.45, 2.75) is 19.3 Å². The third-order valence-electron chi connectivity index (χ3n) is 3.52. The molecule has 3 aromatic rings. The summed E-state index contributed by atoms with van der Waals surface area (Å²) in [6, 6.07) is 7.84. The van der Waals surface area contributed by atoms with Gasteiger partial charge in [0.25, 0.3) is 0 Å². The highest BCUT2D eigenvalue weighted by atomic mass is 79.9. The first-order valence-corrected chi connectivity index (χ1v) is 8.20. The Balaban J connectivity index is 1.45. The van der Waals surface area contributed by atoms with E-state index in [2.05, 4.69) is 21.0 Å². The summed E-state index contributed by atoms with van der Waals surface area (Å²) in [5.74, 6) is 0.617. The van der Waals surface area contributed by atoms with E-state index in [0.717, 1.165) is 26.8 Å². The molecule has 0 saturated carbocycles. The summed E-state index contributed by atoms with van der Waals surface area (Å²) < 4.78 is 13.7. The molecule has 0 unspecified atom stereocenters. The molecule has 0 bridgehead atoms. The second-order valence-electron chi connectivity index (χ2n) is 5.39. The third kappa shape index (κ3) is 4.22. The number of esters is 1. The number of furan rings is 1. The molecule has 2 aromatic heterocycles. The SMILES string of the molecule is Cn1cc(CCC(=O)OCCc2cc3cc(Br)ccc3o2)cn1. The minimum atomic E-state index is -0.201. The minimum Gasteiger partial charge on any atom is -0.465 e. The number of hydrogen-bond acceptors (Lipinski definition) is 4. The molecule has 0 radical (unpaired) electrons. The van der Waals surface area contributed by atoms with E-state index >= 15 is 0 Å². The van der Waals surface area contributed by atoms with Crippen LogP contribution in [-0.4, -0.2) is 22.4 Å². The number of halogens is 1. The van der Waals surface area contributed by atoms with E-state index in [-0.39, 0.29) is 5.97 Å². The predicted molar refractivity (Wildman–Crippen MR) is 90.1 cm³/mol. The van der Waals surface area contributed by atoms with Gasteiger partial charge in [-0.2, -0.15) is 5.10 Å². The molecule has 3 rings (SSSR count). The smallest absolute Gasteiger partial charge is 0.306 e. The molecular weight excluding hydrogens is 360 g/mol. The van der Waals surface area contributed by atoms with Crippen molar-refractivity contribution in [3.05, 3.63) is 52.5 Å². The number of carbonyl (C=O) groups excluding carboxylic acids is 1. The number of benzene rings is 1. The predicted octanol–water partition coefficient (Wildman–Crippen LogP) is 3.65. The Morgan fingerprint density at radius 1 is 1.35 bits per heavy atom. The molecule has 0 aliphatic heterocycles. The molecule has 23 heavy (non-hydrogen) atoms. The highest BCUT2D eigenvalue weighted by Crippen LogP contribution is 2.23. The van der Waals surface area contributed by atoms with Crippen LogP contribution in [0, 0.1) is 0 Å². The first-order valence-electron chi connectivity index (χ1n) is 7.41. The van der Waals surface area contributed by atoms with Gasteiger partial charge in [-0.15, -0.1) is 0 Å². The van der Waals surface area contributed by atoms with E-state index in [9.17, 15) is 4.79 Å². The van der Waals surface area contributed by atoms with E-state index in [1.165, 1.54) is 0 Å². The Hall–Kier alpha value is -2.08. The van der Waals surface area contributed by atoms with Gasteiger partial charge in [-0.1, -0.05) is 15.9 Å². The zero-order valence-corrected chi connectivity index (χ0v) is 14.4. The van der Waals surface area contributed by atoms with Crippen LogP contribution in [0.15, 0.2) is 45.5 Å². The molecule has 0 aliphatic carbocycles. The van der Waals surface area contributed by atoms with Crippen molar-refractivity contribution in [2.75, 3.05) is 6.61 Å². The average Bonchev–Trinajstić information content (AvgIpc) is 3.10. The van der Waals surface area contributed by atoms with Gasteiger partial charge in [0.15, 0.2) is 0 Å². The summed E-state index contributed by atoms with van der Waals surface area (Å²) >= 11 is 3.43. The van der Waals surface area contributed by atoms with Crippen LogP contribution in [-0.2, 0) is 29.4 Å². The second-order valence-corrected chi connectivity index (χ2v) is 6.30. The van der Waals surface area contributed by atoms with Crippen LogP contribution in [0.25, 0.3) is 11.0 Å². The number of rotatable bonds is 6. The van der Waals surface area contributed by atoms with Crippen molar-refractivity contribution >= 4 is 32.9 Å². The first-order chi connectivity index (χ1) is 11.1. The highest BCUT2D eigenvalue weighted by molar-refractivity contribution is 9.10. The lowest BCUT2D eigenvalue weighted by molar-refractivity contribution is -0.143. The number of ether oxygens (including phenoxy) is 1. The summed E-state index contributed by atoms with van der Waals surface area (Å²) in [6.45, 7) is 0.326. The molecule has 0 saturated heterocycles. The van der Waals surface area contributed by atoms with Gasteiger partial charge >= 0.3 is 5.97 Å². The molecule has 0 atom stereocenters. The number of carbonyl (C=O) groups is 1. The fourth-order valence-electron chi connectivity index (χ4n) is 2.38. The molecule has 0 fully saturated rings. The van der Waals surface area contributed by atoms with E-state index < -0.39 is 0 Å². The van der Waals surface area contributed by atoms with Crippen molar-refractivity contribution < 1.29 is 13.9 Å². The average molecular weight is 377 g/mol. The first kappa shape index (κ1) is 15.8. The van der Waals surface area contributed by atoms with E-state index in [1.807, 2.05) is 37.5 Å². The van der Waals surface area contributed by atoms with Gasteiger partial charge in [-0.3, -0.25) is 9.48 Å². The van der Waals surface area contributed by atoms with Gasteiger partial charge in [0.1, 0.15) is 11.3 Å². The van der Waals surface area contributed by atoms with Gasteiger partial charge in [0.2, 0.25) is 0 Å². The second kappa shape index (κ2) is 7.00. The summed E-state index contributed by atoms with van der Waals surface area (Å²) in [5, 5.41) is 5.11. The van der Waals surface area contributed by atoms with Crippen LogP contribution in [0.3, 0.4) is 0 Å². The lowest BCUT2D eigenvalue weighted by Crippen LogP contribution is -2.08. The molecule has 120 valence electrons. The van der Waals surface area contributed by atoms with Crippen molar-refractivity contribution in [1.29, 1.82) is 0 Å². The summed E-state index contributed by atoms with van der Waals surface area (Å²) in [4.78, 5) is 11.7. The van der Waals surface area contributed by atoms with Crippen molar-refractivity contribution in [3.63, 3.8) is 0 Å². The van der Waals surface area contributed by atoms with E-state index in [4.69, 9.17) is 9.15 Å². The maximum absolute atomic E-state index is 11.7. The van der Waals surface area contributed by atoms with Crippen molar-refractivity contribution in [3.8, 4) is 0 Å². The van der Waals surface area contributed by atoms with Gasteiger partial charge < -0.3 is 9.15 Å². The fourth-order valence-corrected chi connectivity index (χ4v) is 2.76. The maximum Gasteiger partial charge on any atom is 0.306 e. The molecule has 5 nitrogen and oxygen atoms in total. The monoisotopic (exact) mass is 376 g/mol. The molecule has 0 spiro atoms. The Morgan fingerprint density at radius 3 is 3.00 bits per heavy atom. The molecule has 6 heteroatoms. The van der Waals surface area contributed by atoms with Crippen molar-refractivity contribution in [1.82, 2.24) is 9.78 Å². The van der Waals surface area contributed by atoms with E-state index in [0.29, 0.717) is 25.9 Å². The van der Waals surface area contributed by atoms with Crippen LogP contribution in [0.4, 0.5) is 0 Å². The van der Waals surface area contributed by atoms with Gasteiger partial charge in [0.05, 0.1) is 12.8 Å². The van der Waals surface area contributed by atoms with Gasteiger partial charge in [-0.05, 0) is 36.2 Å². The molecule has 0 N–H and O–H groups in total. The zero-order valence-electron chi connectivity index (χ0n) is 12.8. The fraction of sp³-hybridized carbons (Fsp3) is 0.294. The maximum atomic E-state index is 11.7. The van der Waals surface area contributed by atoms with Crippen LogP contribution < -0.4 is 0 Å². The van der Waals surface area contributed by atoms with Crippen LogP contribution in [0.1, 0.15) is 17.7 Å². The molecular formula is C17H17BrN2O3. The van der Waals surface area contributed by atoms with Crippen molar-refractivity contribution in [2.24, 2.45) is 7.05 Å². The minimum absolute atomic E-state index is 0.201. The lowest BCUT2D eigenvalue weighted by atomic mass is 10.2. The highest BCUT2D eigenvalue weighted by Gasteiger charge is 2.08. The summed E-state index contributed by atoms with van der Waals surface area (Å²) in [7, 11) is 1.85. The Labute approximate surface area is 142 Å². The number of fused-ring (bicyclic) bond motifs is 1. The van der Waals surface area contributed by atoms with Crippen LogP contribution >= 0.6 is 15.9 Å². The third-order valence-corrected chi connectivity index (χ3v) is 4.01. The molecule has 0 amide bonds. The molecule has 0 aliphatic rings. The molecule has 2 heterocycles. The number of hydrogen-bond donors (Lipinski definition) is 0. The Kier molecular flexibility index (Phi) is 4.81. The largest absolute Gasteiger partial charge is 0.465 e. The number of nitrogens with zero attached hydrogens (tertiary/aromatic N) is 2. The standard InChI is InChI=1S/C17H17BrN2O3/c1-20-11-12(10-19-20)2-5-17(21)22-7-6-15-9-13-8-14(18)3-4-16(13)23-15/h3-4,8-11H,2,5-7H2,1H3. The Morgan fingerprint density at radius 2 is 2.22 bits per heavy atom. The quantitative estimate of drug-likeness (QED) is 0.616. The number of aromatic nitrogens is 2. The normalized spacial score (nSPS) is 11.0. The topological polar surface area (TPSA) is 57.3 Å². The summed E-state index contributed by atoms with van der Waals surface area (Å²) in [6.07, 6.45) is 5.24. The van der Waals surface area contributed by atoms with Gasteiger partial charge in [0, 0.05) is 35.9 Å². The summed E-state index contributed by atoms with van der Waals surface area (Å²) in [5.41, 5.74) is 1.87. The van der Waals surface area contributed by atoms with Gasteiger partial charge in [-0.25, -0.2) is 0 Å². The van der Waals surface area contributed by atoms with Crippen LogP contribution in [0.2, 0.25) is 0 Å². The van der Waals surface area contributed by atoms with E-state index in [1.54, 1.807) is 10.9 Å². The Bertz CT molecular complexity index is 822. The van der Waals surface area contributed by atoms with Crippen LogP contribution in [0.5, 0.6) is 0 Å². The lowest BCUT2D eigenvalue weighted by Gasteiger charge is -2.02. The molecule has 1 aromatic carbocycles. The number of aryl methyl sites for hydroxylation is 2. The zero-order chi connectivity index (χ0) is 16.2.